The van der Waals surface area contributed by atoms with E-state index in [2.05, 4.69) is 10.6 Å². The van der Waals surface area contributed by atoms with Crippen LogP contribution in [0.1, 0.15) is 27.4 Å². The van der Waals surface area contributed by atoms with Gasteiger partial charge in [0, 0.05) is 27.3 Å². The van der Waals surface area contributed by atoms with Gasteiger partial charge < -0.3 is 10.6 Å². The second-order valence-corrected chi connectivity index (χ2v) is 10.8. The smallest absolute Gasteiger partial charge is 0.257 e. The molecule has 1 aliphatic carbocycles. The predicted octanol–water partition coefficient (Wildman–Crippen LogP) is 7.53. The van der Waals surface area contributed by atoms with Gasteiger partial charge in [0.1, 0.15) is 4.33 Å². The highest BCUT2D eigenvalue weighted by Crippen LogP contribution is 2.65. The summed E-state index contributed by atoms with van der Waals surface area (Å²) >= 11 is 31.3. The van der Waals surface area contributed by atoms with E-state index in [4.69, 9.17) is 63.2 Å². The van der Waals surface area contributed by atoms with Crippen molar-refractivity contribution in [3.8, 4) is 0 Å². The summed E-state index contributed by atoms with van der Waals surface area (Å²) < 4.78 is -1.34. The van der Waals surface area contributed by atoms with Gasteiger partial charge in [-0.1, -0.05) is 34.8 Å². The Bertz CT molecular complexity index is 1310. The predicted molar refractivity (Wildman–Crippen MR) is 142 cm³/mol. The van der Waals surface area contributed by atoms with Gasteiger partial charge in [0.2, 0.25) is 5.91 Å². The Labute approximate surface area is 226 Å². The van der Waals surface area contributed by atoms with Crippen molar-refractivity contribution in [2.75, 3.05) is 16.1 Å². The third kappa shape index (κ3) is 5.48. The molecule has 1 fully saturated rings. The molecule has 11 heteroatoms. The molecule has 35 heavy (non-hydrogen) atoms. The SMILES string of the molecule is Cc1cc(NO)ccc1NC(=O)c1cc(NC(=O)C2C(c3cc(Cl)cc(Cl)c3)C2(Cl)Cl)ccc1Cl. The molecule has 2 atom stereocenters. The van der Waals surface area contributed by atoms with Crippen LogP contribution in [-0.4, -0.2) is 21.4 Å². The molecular formula is C24H18Cl5N3O3. The molecule has 4 rings (SSSR count). The summed E-state index contributed by atoms with van der Waals surface area (Å²) in [7, 11) is 0. The van der Waals surface area contributed by atoms with Gasteiger partial charge in [0.15, 0.2) is 0 Å². The topological polar surface area (TPSA) is 90.5 Å². The van der Waals surface area contributed by atoms with E-state index in [0.29, 0.717) is 32.7 Å². The number of nitrogens with one attached hydrogen (secondary N) is 3. The number of anilines is 3. The molecule has 1 saturated carbocycles. The highest BCUT2D eigenvalue weighted by atomic mass is 35.5. The van der Waals surface area contributed by atoms with Gasteiger partial charge >= 0.3 is 0 Å². The summed E-state index contributed by atoms with van der Waals surface area (Å²) in [4.78, 5) is 25.9. The van der Waals surface area contributed by atoms with Crippen molar-refractivity contribution in [3.05, 3.63) is 86.4 Å². The molecule has 3 aromatic rings. The number of hydrogen-bond donors (Lipinski definition) is 4. The van der Waals surface area contributed by atoms with Gasteiger partial charge in [0.05, 0.1) is 22.2 Å². The highest BCUT2D eigenvalue weighted by molar-refractivity contribution is 6.53. The maximum Gasteiger partial charge on any atom is 0.257 e. The summed E-state index contributed by atoms with van der Waals surface area (Å²) in [5, 5.41) is 15.6. The fourth-order valence-corrected chi connectivity index (χ4v) is 5.46. The second-order valence-electron chi connectivity index (χ2n) is 8.11. The van der Waals surface area contributed by atoms with E-state index in [1.165, 1.54) is 12.1 Å². The van der Waals surface area contributed by atoms with Crippen molar-refractivity contribution in [3.63, 3.8) is 0 Å². The molecule has 0 aliphatic heterocycles. The number of carbonyl (C=O) groups excluding carboxylic acids is 2. The van der Waals surface area contributed by atoms with E-state index in [-0.39, 0.29) is 10.6 Å². The minimum atomic E-state index is -1.34. The van der Waals surface area contributed by atoms with Crippen LogP contribution in [0.5, 0.6) is 0 Å². The van der Waals surface area contributed by atoms with Gasteiger partial charge in [-0.3, -0.25) is 20.3 Å². The van der Waals surface area contributed by atoms with Crippen LogP contribution < -0.4 is 16.1 Å². The summed E-state index contributed by atoms with van der Waals surface area (Å²) in [5.74, 6) is -2.15. The molecule has 0 aromatic heterocycles. The highest BCUT2D eigenvalue weighted by Gasteiger charge is 2.67. The Morgan fingerprint density at radius 2 is 1.54 bits per heavy atom. The number of rotatable bonds is 6. The van der Waals surface area contributed by atoms with Gasteiger partial charge in [-0.25, -0.2) is 0 Å². The molecule has 182 valence electrons. The molecule has 0 radical (unpaired) electrons. The van der Waals surface area contributed by atoms with Crippen molar-refractivity contribution in [1.82, 2.24) is 0 Å². The summed E-state index contributed by atoms with van der Waals surface area (Å²) in [6.07, 6.45) is 0. The summed E-state index contributed by atoms with van der Waals surface area (Å²) in [5.41, 5.74) is 4.95. The zero-order valence-electron chi connectivity index (χ0n) is 18.0. The minimum absolute atomic E-state index is 0.158. The standard InChI is InChI=1S/C24H18Cl5N3O3/c1-11-6-16(32-35)3-5-19(11)31-22(33)17-10-15(2-4-18(17)27)30-23(34)21-20(24(21,28)29)12-7-13(25)9-14(26)8-12/h2-10,20-21,32,35H,1H3,(H,30,34)(H,31,33). The molecule has 0 bridgehead atoms. The monoisotopic (exact) mass is 571 g/mol. The first kappa shape index (κ1) is 25.9. The molecular weight excluding hydrogens is 556 g/mol. The first-order chi connectivity index (χ1) is 16.5. The second kappa shape index (κ2) is 10.1. The van der Waals surface area contributed by atoms with Crippen LogP contribution in [0.25, 0.3) is 0 Å². The van der Waals surface area contributed by atoms with E-state index in [1.807, 2.05) is 5.48 Å². The lowest BCUT2D eigenvalue weighted by atomic mass is 10.1. The van der Waals surface area contributed by atoms with E-state index >= 15 is 0 Å². The average Bonchev–Trinajstić information content (AvgIpc) is 3.37. The number of carbonyl (C=O) groups is 2. The molecule has 1 aliphatic rings. The molecule has 6 nitrogen and oxygen atoms in total. The molecule has 2 amide bonds. The van der Waals surface area contributed by atoms with Gasteiger partial charge in [-0.15, -0.1) is 23.2 Å². The molecule has 4 N–H and O–H groups in total. The summed E-state index contributed by atoms with van der Waals surface area (Å²) in [6.45, 7) is 1.78. The minimum Gasteiger partial charge on any atom is -0.326 e. The van der Waals surface area contributed by atoms with E-state index in [0.717, 1.165) is 5.56 Å². The zero-order chi connectivity index (χ0) is 25.5. The largest absolute Gasteiger partial charge is 0.326 e. The van der Waals surface area contributed by atoms with Crippen LogP contribution in [0.3, 0.4) is 0 Å². The van der Waals surface area contributed by atoms with Crippen LogP contribution in [0.2, 0.25) is 15.1 Å². The van der Waals surface area contributed by atoms with Crippen LogP contribution in [-0.2, 0) is 4.79 Å². The maximum absolute atomic E-state index is 13.0. The van der Waals surface area contributed by atoms with Gasteiger partial charge in [-0.05, 0) is 72.6 Å². The Balaban J connectivity index is 1.51. The van der Waals surface area contributed by atoms with Crippen molar-refractivity contribution in [1.29, 1.82) is 0 Å². The first-order valence-corrected chi connectivity index (χ1v) is 12.2. The number of aryl methyl sites for hydroxylation is 1. The van der Waals surface area contributed by atoms with Crippen LogP contribution >= 0.6 is 58.0 Å². The van der Waals surface area contributed by atoms with E-state index in [9.17, 15) is 9.59 Å². The number of benzene rings is 3. The van der Waals surface area contributed by atoms with Crippen LogP contribution in [0, 0.1) is 12.8 Å². The average molecular weight is 574 g/mol. The Hall–Kier alpha value is -2.19. The number of hydrogen-bond acceptors (Lipinski definition) is 4. The lowest BCUT2D eigenvalue weighted by molar-refractivity contribution is -0.117. The Morgan fingerprint density at radius 1 is 0.886 bits per heavy atom. The van der Waals surface area contributed by atoms with E-state index < -0.39 is 28.0 Å². The van der Waals surface area contributed by atoms with Crippen molar-refractivity contribution < 1.29 is 14.8 Å². The third-order valence-corrected chi connectivity index (χ3v) is 7.37. The zero-order valence-corrected chi connectivity index (χ0v) is 21.8. The number of alkyl halides is 2. The van der Waals surface area contributed by atoms with Crippen molar-refractivity contribution in [2.45, 2.75) is 17.2 Å². The van der Waals surface area contributed by atoms with Gasteiger partial charge in [0.25, 0.3) is 5.91 Å². The number of halogens is 5. The fourth-order valence-electron chi connectivity index (χ4n) is 3.88. The normalized spacial score (nSPS) is 18.0. The molecule has 2 unspecified atom stereocenters. The first-order valence-electron chi connectivity index (χ1n) is 10.3. The van der Waals surface area contributed by atoms with Crippen LogP contribution in [0.15, 0.2) is 54.6 Å². The van der Waals surface area contributed by atoms with Crippen molar-refractivity contribution in [2.24, 2.45) is 5.92 Å². The Morgan fingerprint density at radius 3 is 2.17 bits per heavy atom. The fraction of sp³-hybridized carbons (Fsp3) is 0.167. The Kier molecular flexibility index (Phi) is 7.44. The molecule has 0 saturated heterocycles. The molecule has 0 spiro atoms. The number of amides is 2. The summed E-state index contributed by atoms with van der Waals surface area (Å²) in [6, 6.07) is 14.4. The van der Waals surface area contributed by atoms with E-state index in [1.54, 1.807) is 49.4 Å². The maximum atomic E-state index is 13.0. The van der Waals surface area contributed by atoms with Gasteiger partial charge in [-0.2, -0.15) is 0 Å². The molecule has 3 aromatic carbocycles. The lowest BCUT2D eigenvalue weighted by Crippen LogP contribution is -2.18. The lowest BCUT2D eigenvalue weighted by Gasteiger charge is -2.12. The third-order valence-electron chi connectivity index (χ3n) is 5.66. The quantitative estimate of drug-likeness (QED) is 0.181. The van der Waals surface area contributed by atoms with Crippen LogP contribution in [0.4, 0.5) is 17.1 Å². The molecule has 0 heterocycles. The van der Waals surface area contributed by atoms with Crippen molar-refractivity contribution >= 4 is 86.9 Å².